The fourth-order valence-electron chi connectivity index (χ4n) is 2.48. The van der Waals surface area contributed by atoms with Crippen LogP contribution in [-0.4, -0.2) is 18.6 Å². The summed E-state index contributed by atoms with van der Waals surface area (Å²) in [6.07, 6.45) is 2.76. The van der Waals surface area contributed by atoms with Crippen LogP contribution in [0.5, 0.6) is 5.75 Å². The zero-order valence-corrected chi connectivity index (χ0v) is 14.3. The topological polar surface area (TPSA) is 34.1 Å². The van der Waals surface area contributed by atoms with E-state index in [9.17, 15) is 0 Å². The van der Waals surface area contributed by atoms with Crippen molar-refractivity contribution in [2.24, 2.45) is 0 Å². The molecular weight excluding hydrogens is 328 g/mol. The van der Waals surface area contributed by atoms with Crippen molar-refractivity contribution in [3.8, 4) is 5.75 Å². The molecule has 0 aliphatic carbocycles. The molecule has 0 radical (unpaired) electrons. The Morgan fingerprint density at radius 3 is 2.76 bits per heavy atom. The summed E-state index contributed by atoms with van der Waals surface area (Å²) in [4.78, 5) is 4.40. The van der Waals surface area contributed by atoms with Crippen LogP contribution in [0.15, 0.2) is 41.0 Å². The standard InChI is InChI=1S/C17H21BrN2O/c1-4-19-16(14-6-5-9-20-12(14)2)11-13-7-8-17(21-3)15(18)10-13/h5-10,16,19H,4,11H2,1-3H3. The van der Waals surface area contributed by atoms with Gasteiger partial charge in [-0.15, -0.1) is 0 Å². The molecule has 0 bridgehead atoms. The fraction of sp³-hybridized carbons (Fsp3) is 0.353. The van der Waals surface area contributed by atoms with Crippen molar-refractivity contribution in [3.05, 3.63) is 57.8 Å². The molecule has 1 unspecified atom stereocenters. The van der Waals surface area contributed by atoms with E-state index in [2.05, 4.69) is 58.3 Å². The minimum absolute atomic E-state index is 0.268. The van der Waals surface area contributed by atoms with E-state index in [0.717, 1.165) is 28.9 Å². The number of methoxy groups -OCH3 is 1. The van der Waals surface area contributed by atoms with Gasteiger partial charge in [0.15, 0.2) is 0 Å². The summed E-state index contributed by atoms with van der Waals surface area (Å²) in [5.74, 6) is 0.858. The normalized spacial score (nSPS) is 12.2. The molecule has 1 atom stereocenters. The van der Waals surface area contributed by atoms with Gasteiger partial charge in [0.2, 0.25) is 0 Å². The lowest BCUT2D eigenvalue weighted by atomic mass is 9.98. The molecule has 0 saturated carbocycles. The molecule has 2 aromatic rings. The Bertz CT molecular complexity index is 601. The number of hydrogen-bond acceptors (Lipinski definition) is 3. The zero-order chi connectivity index (χ0) is 15.2. The fourth-order valence-corrected chi connectivity index (χ4v) is 3.06. The molecule has 3 nitrogen and oxygen atoms in total. The van der Waals surface area contributed by atoms with Gasteiger partial charge in [-0.2, -0.15) is 0 Å². The van der Waals surface area contributed by atoms with Crippen LogP contribution in [0.1, 0.15) is 29.8 Å². The summed E-state index contributed by atoms with van der Waals surface area (Å²) in [6, 6.07) is 10.6. The summed E-state index contributed by atoms with van der Waals surface area (Å²) in [6.45, 7) is 5.11. The predicted octanol–water partition coefficient (Wildman–Crippen LogP) is 4.05. The smallest absolute Gasteiger partial charge is 0.133 e. The van der Waals surface area contributed by atoms with Crippen molar-refractivity contribution < 1.29 is 4.74 Å². The van der Waals surface area contributed by atoms with E-state index in [1.165, 1.54) is 11.1 Å². The Morgan fingerprint density at radius 1 is 1.33 bits per heavy atom. The highest BCUT2D eigenvalue weighted by Gasteiger charge is 2.14. The molecule has 0 aliphatic rings. The quantitative estimate of drug-likeness (QED) is 0.854. The van der Waals surface area contributed by atoms with E-state index >= 15 is 0 Å². The molecule has 21 heavy (non-hydrogen) atoms. The van der Waals surface area contributed by atoms with Crippen molar-refractivity contribution in [1.29, 1.82) is 0 Å². The molecular formula is C17H21BrN2O. The first-order valence-corrected chi connectivity index (χ1v) is 7.92. The lowest BCUT2D eigenvalue weighted by Crippen LogP contribution is -2.24. The summed E-state index contributed by atoms with van der Waals surface area (Å²) in [5.41, 5.74) is 3.60. The number of aryl methyl sites for hydroxylation is 1. The largest absolute Gasteiger partial charge is 0.496 e. The number of pyridine rings is 1. The Kier molecular flexibility index (Phi) is 5.76. The average Bonchev–Trinajstić information content (AvgIpc) is 2.47. The molecule has 1 aromatic carbocycles. The third-order valence-electron chi connectivity index (χ3n) is 3.53. The number of halogens is 1. The molecule has 1 heterocycles. The molecule has 0 amide bonds. The van der Waals surface area contributed by atoms with Crippen LogP contribution in [0, 0.1) is 6.92 Å². The second-order valence-corrected chi connectivity index (χ2v) is 5.82. The third kappa shape index (κ3) is 4.05. The lowest BCUT2D eigenvalue weighted by Gasteiger charge is -2.20. The van der Waals surface area contributed by atoms with Crippen LogP contribution in [0.2, 0.25) is 0 Å². The van der Waals surface area contributed by atoms with Gasteiger partial charge in [0.1, 0.15) is 5.75 Å². The monoisotopic (exact) mass is 348 g/mol. The first kappa shape index (κ1) is 16.0. The van der Waals surface area contributed by atoms with Crippen molar-refractivity contribution in [2.75, 3.05) is 13.7 Å². The maximum Gasteiger partial charge on any atom is 0.133 e. The molecule has 0 aliphatic heterocycles. The minimum atomic E-state index is 0.268. The number of nitrogens with one attached hydrogen (secondary N) is 1. The van der Waals surface area contributed by atoms with Gasteiger partial charge < -0.3 is 10.1 Å². The zero-order valence-electron chi connectivity index (χ0n) is 12.7. The van der Waals surface area contributed by atoms with Crippen molar-refractivity contribution in [2.45, 2.75) is 26.3 Å². The first-order chi connectivity index (χ1) is 10.2. The summed E-state index contributed by atoms with van der Waals surface area (Å²) in [7, 11) is 1.68. The maximum absolute atomic E-state index is 5.28. The van der Waals surface area contributed by atoms with Crippen molar-refractivity contribution in [1.82, 2.24) is 10.3 Å². The van der Waals surface area contributed by atoms with E-state index < -0.39 is 0 Å². The van der Waals surface area contributed by atoms with Gasteiger partial charge >= 0.3 is 0 Å². The number of benzene rings is 1. The molecule has 1 aromatic heterocycles. The number of likely N-dealkylation sites (N-methyl/N-ethyl adjacent to an activating group) is 1. The first-order valence-electron chi connectivity index (χ1n) is 7.13. The number of aromatic nitrogens is 1. The molecule has 2 rings (SSSR count). The molecule has 0 saturated heterocycles. The van der Waals surface area contributed by atoms with Gasteiger partial charge in [0.05, 0.1) is 11.6 Å². The van der Waals surface area contributed by atoms with Crippen LogP contribution in [0.3, 0.4) is 0 Å². The van der Waals surface area contributed by atoms with E-state index in [1.54, 1.807) is 7.11 Å². The van der Waals surface area contributed by atoms with Gasteiger partial charge in [0, 0.05) is 17.9 Å². The maximum atomic E-state index is 5.28. The van der Waals surface area contributed by atoms with Crippen molar-refractivity contribution in [3.63, 3.8) is 0 Å². The molecule has 1 N–H and O–H groups in total. The van der Waals surface area contributed by atoms with Crippen LogP contribution in [0.4, 0.5) is 0 Å². The van der Waals surface area contributed by atoms with Crippen LogP contribution in [0.25, 0.3) is 0 Å². The minimum Gasteiger partial charge on any atom is -0.496 e. The van der Waals surface area contributed by atoms with Gasteiger partial charge in [-0.25, -0.2) is 0 Å². The Hall–Kier alpha value is -1.39. The molecule has 112 valence electrons. The Morgan fingerprint density at radius 2 is 2.14 bits per heavy atom. The van der Waals surface area contributed by atoms with Crippen LogP contribution < -0.4 is 10.1 Å². The van der Waals surface area contributed by atoms with E-state index in [1.807, 2.05) is 18.3 Å². The molecule has 4 heteroatoms. The summed E-state index contributed by atoms with van der Waals surface area (Å²) in [5, 5.41) is 3.55. The average molecular weight is 349 g/mol. The number of nitrogens with zero attached hydrogens (tertiary/aromatic N) is 1. The highest BCUT2D eigenvalue weighted by molar-refractivity contribution is 9.10. The predicted molar refractivity (Wildman–Crippen MR) is 89.8 cm³/mol. The number of hydrogen-bond donors (Lipinski definition) is 1. The van der Waals surface area contributed by atoms with E-state index in [-0.39, 0.29) is 6.04 Å². The Balaban J connectivity index is 2.24. The Labute approximate surface area is 134 Å². The lowest BCUT2D eigenvalue weighted by molar-refractivity contribution is 0.412. The van der Waals surface area contributed by atoms with E-state index in [0.29, 0.717) is 0 Å². The highest BCUT2D eigenvalue weighted by atomic mass is 79.9. The highest BCUT2D eigenvalue weighted by Crippen LogP contribution is 2.28. The summed E-state index contributed by atoms with van der Waals surface area (Å²) < 4.78 is 6.27. The summed E-state index contributed by atoms with van der Waals surface area (Å²) >= 11 is 3.55. The number of ether oxygens (including phenoxy) is 1. The number of rotatable bonds is 6. The second-order valence-electron chi connectivity index (χ2n) is 4.96. The second kappa shape index (κ2) is 7.57. The van der Waals surface area contributed by atoms with Gasteiger partial charge in [-0.05, 0) is 65.1 Å². The van der Waals surface area contributed by atoms with Gasteiger partial charge in [0.25, 0.3) is 0 Å². The third-order valence-corrected chi connectivity index (χ3v) is 4.15. The van der Waals surface area contributed by atoms with Gasteiger partial charge in [-0.3, -0.25) is 4.98 Å². The van der Waals surface area contributed by atoms with Crippen LogP contribution in [-0.2, 0) is 6.42 Å². The van der Waals surface area contributed by atoms with Crippen LogP contribution >= 0.6 is 15.9 Å². The van der Waals surface area contributed by atoms with Crippen molar-refractivity contribution >= 4 is 15.9 Å². The van der Waals surface area contributed by atoms with E-state index in [4.69, 9.17) is 4.74 Å². The molecule has 0 fully saturated rings. The van der Waals surface area contributed by atoms with Gasteiger partial charge in [-0.1, -0.05) is 19.1 Å². The molecule has 0 spiro atoms. The SMILES string of the molecule is CCNC(Cc1ccc(OC)c(Br)c1)c1cccnc1C.